The first-order valence-corrected chi connectivity index (χ1v) is 9.50. The van der Waals surface area contributed by atoms with Gasteiger partial charge in [-0.3, -0.25) is 4.79 Å². The van der Waals surface area contributed by atoms with E-state index >= 15 is 0 Å². The topological polar surface area (TPSA) is 74.0 Å². The number of methoxy groups -OCH3 is 1. The van der Waals surface area contributed by atoms with Crippen molar-refractivity contribution >= 4 is 22.6 Å². The number of hydrogen-bond acceptors (Lipinski definition) is 4. The highest BCUT2D eigenvalue weighted by Gasteiger charge is 2.11. The van der Waals surface area contributed by atoms with E-state index in [4.69, 9.17) is 4.74 Å². The maximum Gasteiger partial charge on any atom is 0.230 e. The Labute approximate surface area is 173 Å². The molecule has 1 N–H and O–H groups in total. The number of amides is 1. The zero-order chi connectivity index (χ0) is 21.3. The maximum atomic E-state index is 13.8. The number of nitrogens with zero attached hydrogens (tertiary/aromatic N) is 4. The fraction of sp³-hybridized carbons (Fsp3) is 0.227. The molecular formula is C22H22FN5O2. The Kier molecular flexibility index (Phi) is 5.22. The number of rotatable bonds is 6. The van der Waals surface area contributed by atoms with Gasteiger partial charge in [0.05, 0.1) is 26.3 Å². The minimum atomic E-state index is -0.443. The van der Waals surface area contributed by atoms with Crippen LogP contribution in [0.3, 0.4) is 0 Å². The monoisotopic (exact) mass is 407 g/mol. The lowest BCUT2D eigenvalue weighted by Crippen LogP contribution is -2.15. The highest BCUT2D eigenvalue weighted by molar-refractivity contribution is 5.92. The molecule has 0 saturated carbocycles. The van der Waals surface area contributed by atoms with Gasteiger partial charge >= 0.3 is 0 Å². The molecule has 0 aliphatic heterocycles. The normalized spacial score (nSPS) is 11.1. The molecule has 7 nitrogen and oxygen atoms in total. The predicted octanol–water partition coefficient (Wildman–Crippen LogP) is 3.46. The molecule has 4 aromatic rings. The van der Waals surface area contributed by atoms with Crippen molar-refractivity contribution < 1.29 is 13.9 Å². The van der Waals surface area contributed by atoms with E-state index in [1.165, 1.54) is 29.7 Å². The molecule has 0 aliphatic rings. The van der Waals surface area contributed by atoms with Crippen LogP contribution in [0.25, 0.3) is 10.9 Å². The van der Waals surface area contributed by atoms with Gasteiger partial charge in [-0.25, -0.2) is 4.39 Å². The Morgan fingerprint density at radius 1 is 1.20 bits per heavy atom. The van der Waals surface area contributed by atoms with E-state index in [0.717, 1.165) is 16.5 Å². The molecule has 2 heterocycles. The SMILES string of the molecule is COc1ccc(Cn2ncc(NC(=O)Cc3ccc4c(c3)c(C)cn4C)n2)cc1F. The van der Waals surface area contributed by atoms with Gasteiger partial charge in [0, 0.05) is 24.1 Å². The van der Waals surface area contributed by atoms with E-state index in [-0.39, 0.29) is 24.6 Å². The fourth-order valence-electron chi connectivity index (χ4n) is 3.52. The number of carbonyl (C=O) groups excluding carboxylic acids is 1. The van der Waals surface area contributed by atoms with Crippen LogP contribution in [0.2, 0.25) is 0 Å². The summed E-state index contributed by atoms with van der Waals surface area (Å²) in [7, 11) is 3.42. The van der Waals surface area contributed by atoms with E-state index in [9.17, 15) is 9.18 Å². The average molecular weight is 407 g/mol. The second-order valence-corrected chi connectivity index (χ2v) is 7.23. The largest absolute Gasteiger partial charge is 0.494 e. The molecule has 154 valence electrons. The first kappa shape index (κ1) is 19.6. The number of aromatic nitrogens is 4. The molecule has 0 fully saturated rings. The van der Waals surface area contributed by atoms with Gasteiger partial charge < -0.3 is 14.6 Å². The third-order valence-corrected chi connectivity index (χ3v) is 4.96. The number of hydrogen-bond donors (Lipinski definition) is 1. The Hall–Kier alpha value is -3.68. The van der Waals surface area contributed by atoms with Crippen LogP contribution in [0.4, 0.5) is 10.2 Å². The Morgan fingerprint density at radius 3 is 2.77 bits per heavy atom. The lowest BCUT2D eigenvalue weighted by atomic mass is 10.1. The summed E-state index contributed by atoms with van der Waals surface area (Å²) in [5, 5.41) is 12.3. The van der Waals surface area contributed by atoms with Crippen molar-refractivity contribution in [2.45, 2.75) is 19.9 Å². The van der Waals surface area contributed by atoms with E-state index in [1.807, 2.05) is 25.2 Å². The second kappa shape index (κ2) is 7.98. The molecule has 2 aromatic heterocycles. The highest BCUT2D eigenvalue weighted by Crippen LogP contribution is 2.22. The van der Waals surface area contributed by atoms with Crippen LogP contribution in [0.1, 0.15) is 16.7 Å². The molecule has 2 aromatic carbocycles. The maximum absolute atomic E-state index is 13.8. The van der Waals surface area contributed by atoms with Crippen LogP contribution < -0.4 is 10.1 Å². The fourth-order valence-corrected chi connectivity index (χ4v) is 3.52. The summed E-state index contributed by atoms with van der Waals surface area (Å²) in [6.45, 7) is 2.33. The van der Waals surface area contributed by atoms with Gasteiger partial charge in [-0.2, -0.15) is 9.90 Å². The van der Waals surface area contributed by atoms with Gasteiger partial charge in [-0.05, 0) is 47.9 Å². The van der Waals surface area contributed by atoms with Crippen LogP contribution in [0.5, 0.6) is 5.75 Å². The van der Waals surface area contributed by atoms with Crippen molar-refractivity contribution in [1.29, 1.82) is 0 Å². The molecular weight excluding hydrogens is 385 g/mol. The molecule has 1 amide bonds. The lowest BCUT2D eigenvalue weighted by molar-refractivity contribution is -0.115. The third-order valence-electron chi connectivity index (χ3n) is 4.96. The summed E-state index contributed by atoms with van der Waals surface area (Å²) < 4.78 is 20.8. The van der Waals surface area contributed by atoms with Crippen molar-refractivity contribution in [3.8, 4) is 5.75 Å². The van der Waals surface area contributed by atoms with E-state index in [2.05, 4.69) is 33.2 Å². The van der Waals surface area contributed by atoms with Crippen molar-refractivity contribution in [2.75, 3.05) is 12.4 Å². The van der Waals surface area contributed by atoms with Gasteiger partial charge in [-0.1, -0.05) is 12.1 Å². The quantitative estimate of drug-likeness (QED) is 0.531. The zero-order valence-corrected chi connectivity index (χ0v) is 17.0. The van der Waals surface area contributed by atoms with Crippen LogP contribution in [0.15, 0.2) is 48.8 Å². The summed E-state index contributed by atoms with van der Waals surface area (Å²) >= 11 is 0. The first-order valence-electron chi connectivity index (χ1n) is 9.50. The van der Waals surface area contributed by atoms with Crippen LogP contribution >= 0.6 is 0 Å². The van der Waals surface area contributed by atoms with Gasteiger partial charge in [0.1, 0.15) is 0 Å². The highest BCUT2D eigenvalue weighted by atomic mass is 19.1. The molecule has 4 rings (SSSR count). The Balaban J connectivity index is 1.40. The van der Waals surface area contributed by atoms with Crippen molar-refractivity contribution in [2.24, 2.45) is 7.05 Å². The summed E-state index contributed by atoms with van der Waals surface area (Å²) in [5.41, 5.74) is 3.92. The molecule has 0 spiro atoms. The van der Waals surface area contributed by atoms with Crippen LogP contribution in [-0.4, -0.2) is 32.6 Å². The van der Waals surface area contributed by atoms with Gasteiger partial charge in [0.15, 0.2) is 17.4 Å². The van der Waals surface area contributed by atoms with Crippen LogP contribution in [-0.2, 0) is 24.8 Å². The second-order valence-electron chi connectivity index (χ2n) is 7.23. The molecule has 0 unspecified atom stereocenters. The Morgan fingerprint density at radius 2 is 2.00 bits per heavy atom. The first-order chi connectivity index (χ1) is 14.4. The molecule has 0 saturated heterocycles. The van der Waals surface area contributed by atoms with Gasteiger partial charge in [0.2, 0.25) is 5.91 Å². The number of ether oxygens (including phenoxy) is 1. The molecule has 30 heavy (non-hydrogen) atoms. The van der Waals surface area contributed by atoms with Crippen molar-refractivity contribution in [1.82, 2.24) is 19.6 Å². The number of nitrogens with one attached hydrogen (secondary N) is 1. The molecule has 0 bridgehead atoms. The number of aryl methyl sites for hydroxylation is 2. The summed E-state index contributed by atoms with van der Waals surface area (Å²) in [6, 6.07) is 10.7. The van der Waals surface area contributed by atoms with E-state index < -0.39 is 5.82 Å². The summed E-state index contributed by atoms with van der Waals surface area (Å²) in [4.78, 5) is 13.8. The van der Waals surface area contributed by atoms with Crippen LogP contribution in [0, 0.1) is 12.7 Å². The third kappa shape index (κ3) is 4.03. The van der Waals surface area contributed by atoms with Gasteiger partial charge in [-0.15, -0.1) is 5.10 Å². The summed E-state index contributed by atoms with van der Waals surface area (Å²) in [6.07, 6.45) is 3.78. The standard InChI is InChI=1S/C22H22FN5O2/c1-14-12-27(2)19-6-4-15(8-17(14)19)10-22(29)25-21-11-24-28(26-21)13-16-5-7-20(30-3)18(23)9-16/h4-9,11-12H,10,13H2,1-3H3,(H,25,26,29). The number of benzene rings is 2. The lowest BCUT2D eigenvalue weighted by Gasteiger charge is -2.05. The molecule has 8 heteroatoms. The molecule has 0 atom stereocenters. The average Bonchev–Trinajstić information content (AvgIpc) is 3.25. The minimum Gasteiger partial charge on any atom is -0.494 e. The zero-order valence-electron chi connectivity index (χ0n) is 17.0. The predicted molar refractivity (Wildman–Crippen MR) is 112 cm³/mol. The van der Waals surface area contributed by atoms with Crippen molar-refractivity contribution in [3.63, 3.8) is 0 Å². The number of halogens is 1. The Bertz CT molecular complexity index is 1230. The van der Waals surface area contributed by atoms with Crippen molar-refractivity contribution in [3.05, 3.63) is 71.3 Å². The number of anilines is 1. The van der Waals surface area contributed by atoms with Gasteiger partial charge in [0.25, 0.3) is 0 Å². The molecule has 0 aliphatic carbocycles. The smallest absolute Gasteiger partial charge is 0.230 e. The minimum absolute atomic E-state index is 0.175. The number of carbonyl (C=O) groups is 1. The van der Waals surface area contributed by atoms with E-state index in [1.54, 1.807) is 12.1 Å². The summed E-state index contributed by atoms with van der Waals surface area (Å²) in [5.74, 6) is -0.0817. The van der Waals surface area contributed by atoms with E-state index in [0.29, 0.717) is 11.4 Å². The number of fused-ring (bicyclic) bond motifs is 1. The molecule has 0 radical (unpaired) electrons.